The van der Waals surface area contributed by atoms with Crippen LogP contribution in [0.4, 0.5) is 0 Å². The van der Waals surface area contributed by atoms with Gasteiger partial charge in [0.2, 0.25) is 0 Å². The minimum atomic E-state index is -2.35. The molecule has 1 N–H and O–H groups in total. The molecule has 1 aliphatic carbocycles. The number of ether oxygens (including phenoxy) is 6. The Labute approximate surface area is 290 Å². The molecule has 3 aromatic carbocycles. The lowest BCUT2D eigenvalue weighted by Crippen LogP contribution is -2.74. The zero-order valence-electron chi connectivity index (χ0n) is 28.6. The fraction of sp³-hybridized carbons (Fsp3) is 0.395. The van der Waals surface area contributed by atoms with Gasteiger partial charge in [0.1, 0.15) is 11.2 Å². The predicted molar refractivity (Wildman–Crippen MR) is 177 cm³/mol. The Kier molecular flexibility index (Phi) is 12.5. The van der Waals surface area contributed by atoms with Crippen molar-refractivity contribution in [1.29, 1.82) is 0 Å². The van der Waals surface area contributed by atoms with Crippen molar-refractivity contribution >= 4 is 29.8 Å². The number of rotatable bonds is 13. The van der Waals surface area contributed by atoms with Gasteiger partial charge in [-0.2, -0.15) is 0 Å². The zero-order valence-corrected chi connectivity index (χ0v) is 28.6. The molecule has 4 rings (SSSR count). The number of carbonyl (C=O) groups is 5. The van der Waals surface area contributed by atoms with Gasteiger partial charge < -0.3 is 33.5 Å². The Bertz CT molecular complexity index is 1480. The van der Waals surface area contributed by atoms with Crippen LogP contribution in [0.3, 0.4) is 0 Å². The van der Waals surface area contributed by atoms with Crippen molar-refractivity contribution < 1.29 is 57.5 Å². The Hall–Kier alpha value is -5.07. The molecule has 12 nitrogen and oxygen atoms in total. The van der Waals surface area contributed by atoms with Crippen LogP contribution in [0.15, 0.2) is 91.0 Å². The summed E-state index contributed by atoms with van der Waals surface area (Å²) in [6.07, 6.45) is -8.69. The smallest absolute Gasteiger partial charge is 0.303 e. The molecule has 0 heterocycles. The van der Waals surface area contributed by atoms with Crippen LogP contribution in [-0.4, -0.2) is 77.7 Å². The summed E-state index contributed by atoms with van der Waals surface area (Å²) in [6.45, 7) is 5.33. The lowest BCUT2D eigenvalue weighted by atomic mass is 9.71. The second kappa shape index (κ2) is 16.6. The van der Waals surface area contributed by atoms with E-state index in [9.17, 15) is 29.1 Å². The molecule has 50 heavy (non-hydrogen) atoms. The first kappa shape index (κ1) is 37.7. The van der Waals surface area contributed by atoms with Crippen LogP contribution >= 0.6 is 0 Å². The monoisotopic (exact) mass is 690 g/mol. The van der Waals surface area contributed by atoms with E-state index >= 15 is 0 Å². The highest BCUT2D eigenvalue weighted by Gasteiger charge is 2.66. The Morgan fingerprint density at radius 1 is 0.540 bits per heavy atom. The number of esters is 5. The van der Waals surface area contributed by atoms with Crippen molar-refractivity contribution in [3.05, 3.63) is 108 Å². The quantitative estimate of drug-likeness (QED) is 0.118. The van der Waals surface area contributed by atoms with Gasteiger partial charge in [0.15, 0.2) is 30.5 Å². The van der Waals surface area contributed by atoms with Crippen LogP contribution in [0.1, 0.15) is 64.2 Å². The van der Waals surface area contributed by atoms with Crippen molar-refractivity contribution in [3.8, 4) is 0 Å². The Morgan fingerprint density at radius 2 is 0.860 bits per heavy atom. The van der Waals surface area contributed by atoms with Crippen LogP contribution in [0.5, 0.6) is 0 Å². The highest BCUT2D eigenvalue weighted by molar-refractivity contribution is 5.70. The van der Waals surface area contributed by atoms with Gasteiger partial charge in [0.05, 0.1) is 0 Å². The van der Waals surface area contributed by atoms with Gasteiger partial charge in [0.25, 0.3) is 0 Å². The lowest BCUT2D eigenvalue weighted by Gasteiger charge is -2.52. The van der Waals surface area contributed by atoms with E-state index in [0.717, 1.165) is 51.3 Å². The molecule has 266 valence electrons. The summed E-state index contributed by atoms with van der Waals surface area (Å²) in [5.41, 5.74) is -0.966. The first-order valence-corrected chi connectivity index (χ1v) is 16.2. The maximum absolute atomic E-state index is 12.6. The van der Waals surface area contributed by atoms with Crippen molar-refractivity contribution in [3.63, 3.8) is 0 Å². The van der Waals surface area contributed by atoms with Gasteiger partial charge in [-0.05, 0) is 29.5 Å². The van der Waals surface area contributed by atoms with Gasteiger partial charge in [0, 0.05) is 41.2 Å². The van der Waals surface area contributed by atoms with Crippen LogP contribution in [0, 0.1) is 0 Å². The standard InChI is InChI=1S/C38H42O12/c1-24(39)46-32-33(47-25(2)40)35(49-27(4)42)37(44,36(50-28(5)43)34(32)48-26(3)41)22-15-23-45-38(29-16-9-6-10-17-29,30-18-11-7-12-19-30)31-20-13-8-14-21-31/h6-14,16-21,32-36,44H,15,22-23H2,1-5H3/t32-,33-,34+,35+,36-,37+. The first-order chi connectivity index (χ1) is 23.8. The predicted octanol–water partition coefficient (Wildman–Crippen LogP) is 4.18. The molecule has 0 saturated heterocycles. The number of hydrogen-bond acceptors (Lipinski definition) is 12. The van der Waals surface area contributed by atoms with Crippen LogP contribution in [0.2, 0.25) is 0 Å². The number of hydrogen-bond donors (Lipinski definition) is 1. The molecule has 0 aliphatic heterocycles. The summed E-state index contributed by atoms with van der Waals surface area (Å²) in [5.74, 6) is -4.38. The Balaban J connectivity index is 1.80. The number of carbonyl (C=O) groups excluding carboxylic acids is 5. The summed E-state index contributed by atoms with van der Waals surface area (Å²) in [5, 5.41) is 12.6. The fourth-order valence-electron chi connectivity index (χ4n) is 6.56. The molecular weight excluding hydrogens is 648 g/mol. The summed E-state index contributed by atoms with van der Waals surface area (Å²) in [4.78, 5) is 61.9. The molecule has 0 amide bonds. The zero-order chi connectivity index (χ0) is 36.5. The van der Waals surface area contributed by atoms with Crippen molar-refractivity contribution in [1.82, 2.24) is 0 Å². The van der Waals surface area contributed by atoms with E-state index in [2.05, 4.69) is 0 Å². The third kappa shape index (κ3) is 8.55. The van der Waals surface area contributed by atoms with E-state index in [1.807, 2.05) is 91.0 Å². The summed E-state index contributed by atoms with van der Waals surface area (Å²) in [7, 11) is 0. The van der Waals surface area contributed by atoms with E-state index in [-0.39, 0.29) is 19.4 Å². The van der Waals surface area contributed by atoms with E-state index in [1.165, 1.54) is 0 Å². The van der Waals surface area contributed by atoms with Crippen LogP contribution < -0.4 is 0 Å². The molecule has 1 saturated carbocycles. The minimum absolute atomic E-state index is 0.00951. The summed E-state index contributed by atoms with van der Waals surface area (Å²) in [6, 6.07) is 28.8. The van der Waals surface area contributed by atoms with E-state index in [1.54, 1.807) is 0 Å². The van der Waals surface area contributed by atoms with Gasteiger partial charge in [-0.3, -0.25) is 24.0 Å². The Morgan fingerprint density at radius 3 is 1.18 bits per heavy atom. The second-order valence-electron chi connectivity index (χ2n) is 12.0. The average molecular weight is 691 g/mol. The molecule has 1 aliphatic rings. The average Bonchev–Trinajstić information content (AvgIpc) is 3.07. The topological polar surface area (TPSA) is 161 Å². The van der Waals surface area contributed by atoms with Crippen LogP contribution in [0.25, 0.3) is 0 Å². The number of aliphatic hydroxyl groups is 1. The first-order valence-electron chi connectivity index (χ1n) is 16.2. The molecule has 0 aromatic heterocycles. The highest BCUT2D eigenvalue weighted by Crippen LogP contribution is 2.43. The third-order valence-corrected chi connectivity index (χ3v) is 8.30. The molecule has 1 fully saturated rings. The van der Waals surface area contributed by atoms with Gasteiger partial charge in [-0.1, -0.05) is 91.0 Å². The minimum Gasteiger partial charge on any atom is -0.455 e. The molecule has 3 aromatic rings. The van der Waals surface area contributed by atoms with E-state index in [0.29, 0.717) is 0 Å². The normalized spacial score (nSPS) is 23.2. The second-order valence-corrected chi connectivity index (χ2v) is 12.0. The molecule has 0 radical (unpaired) electrons. The lowest BCUT2D eigenvalue weighted by molar-refractivity contribution is -0.287. The largest absolute Gasteiger partial charge is 0.455 e. The van der Waals surface area contributed by atoms with Crippen LogP contribution in [-0.2, 0) is 58.0 Å². The van der Waals surface area contributed by atoms with Gasteiger partial charge in [-0.25, -0.2) is 0 Å². The number of benzene rings is 3. The molecule has 0 bridgehead atoms. The summed E-state index contributed by atoms with van der Waals surface area (Å²) >= 11 is 0. The maximum Gasteiger partial charge on any atom is 0.303 e. The van der Waals surface area contributed by atoms with Crippen molar-refractivity contribution in [2.24, 2.45) is 0 Å². The SMILES string of the molecule is CC(=O)O[C@@H]1[C@@H](OC(C)=O)[C@H](OC(C)=O)[C@@](O)(CCCOC(c2ccccc2)(c2ccccc2)c2ccccc2)[C@H](OC(C)=O)[C@H]1OC(C)=O. The van der Waals surface area contributed by atoms with Gasteiger partial charge in [-0.15, -0.1) is 0 Å². The molecule has 0 spiro atoms. The highest BCUT2D eigenvalue weighted by atomic mass is 16.7. The van der Waals surface area contributed by atoms with Crippen molar-refractivity contribution in [2.75, 3.05) is 6.61 Å². The fourth-order valence-corrected chi connectivity index (χ4v) is 6.56. The third-order valence-electron chi connectivity index (χ3n) is 8.30. The molecule has 12 heteroatoms. The molecule has 6 atom stereocenters. The summed E-state index contributed by atoms with van der Waals surface area (Å²) < 4.78 is 34.4. The maximum atomic E-state index is 12.6. The van der Waals surface area contributed by atoms with E-state index < -0.39 is 71.6 Å². The molecule has 0 unspecified atom stereocenters. The molecular formula is C38H42O12. The van der Waals surface area contributed by atoms with Gasteiger partial charge >= 0.3 is 29.8 Å². The van der Waals surface area contributed by atoms with Crippen molar-refractivity contribution in [2.45, 2.75) is 89.2 Å². The van der Waals surface area contributed by atoms with E-state index in [4.69, 9.17) is 28.4 Å².